The minimum Gasteiger partial charge on any atom is -0.465 e. The van der Waals surface area contributed by atoms with E-state index in [2.05, 4.69) is 4.74 Å². The molecule has 4 heteroatoms. The maximum atomic E-state index is 11.2. The maximum absolute atomic E-state index is 11.2. The highest BCUT2D eigenvalue weighted by Crippen LogP contribution is 2.49. The van der Waals surface area contributed by atoms with E-state index in [1.165, 1.54) is 12.0 Å². The molecule has 1 fully saturated rings. The van der Waals surface area contributed by atoms with Crippen LogP contribution in [0, 0.1) is 0 Å². The minimum absolute atomic E-state index is 0.178. The summed E-state index contributed by atoms with van der Waals surface area (Å²) in [6.45, 7) is 0.675. The van der Waals surface area contributed by atoms with Gasteiger partial charge in [-0.25, -0.2) is 4.79 Å². The highest BCUT2D eigenvalue weighted by molar-refractivity contribution is 7.10. The average Bonchev–Trinajstić information content (AvgIpc) is 2.87. The van der Waals surface area contributed by atoms with E-state index in [1.807, 2.05) is 11.4 Å². The van der Waals surface area contributed by atoms with Gasteiger partial charge in [0.2, 0.25) is 0 Å². The molecule has 1 aromatic rings. The first kappa shape index (κ1) is 9.68. The second-order valence-corrected chi connectivity index (χ2v) is 4.59. The number of ether oxygens (including phenoxy) is 1. The summed E-state index contributed by atoms with van der Waals surface area (Å²) in [7, 11) is 1.40. The number of hydrogen-bond donors (Lipinski definition) is 1. The second kappa shape index (κ2) is 3.37. The first-order valence-corrected chi connectivity index (χ1v) is 5.47. The lowest BCUT2D eigenvalue weighted by Crippen LogP contribution is -2.18. The van der Waals surface area contributed by atoms with E-state index in [0.717, 1.165) is 12.8 Å². The molecule has 0 atom stereocenters. The Morgan fingerprint density at radius 1 is 1.71 bits per heavy atom. The molecular formula is C10H13NO2S. The van der Waals surface area contributed by atoms with Crippen molar-refractivity contribution < 1.29 is 9.53 Å². The van der Waals surface area contributed by atoms with Crippen LogP contribution in [0.3, 0.4) is 0 Å². The van der Waals surface area contributed by atoms with Crippen LogP contribution in [0.5, 0.6) is 0 Å². The van der Waals surface area contributed by atoms with Gasteiger partial charge >= 0.3 is 5.97 Å². The molecule has 0 spiro atoms. The topological polar surface area (TPSA) is 52.3 Å². The lowest BCUT2D eigenvalue weighted by atomic mass is 10.1. The van der Waals surface area contributed by atoms with Gasteiger partial charge < -0.3 is 10.5 Å². The molecule has 1 saturated carbocycles. The third-order valence-electron chi connectivity index (χ3n) is 2.79. The Balaban J connectivity index is 2.22. The molecule has 1 aliphatic carbocycles. The van der Waals surface area contributed by atoms with Crippen molar-refractivity contribution in [2.24, 2.45) is 5.73 Å². The van der Waals surface area contributed by atoms with Gasteiger partial charge in [0.05, 0.1) is 12.7 Å². The number of nitrogens with two attached hydrogens (primary N) is 1. The van der Waals surface area contributed by atoms with Crippen molar-refractivity contribution in [3.63, 3.8) is 0 Å². The van der Waals surface area contributed by atoms with Crippen molar-refractivity contribution in [3.8, 4) is 0 Å². The van der Waals surface area contributed by atoms with Gasteiger partial charge in [-0.2, -0.15) is 0 Å². The summed E-state index contributed by atoms with van der Waals surface area (Å²) in [4.78, 5) is 12.4. The van der Waals surface area contributed by atoms with E-state index >= 15 is 0 Å². The standard InChI is InChI=1S/C10H13NO2S/c1-13-9(12)7-4-8(14-5-7)10(6-11)2-3-10/h4-5H,2-3,6,11H2,1H3. The molecule has 3 nitrogen and oxygen atoms in total. The monoisotopic (exact) mass is 211 g/mol. The summed E-state index contributed by atoms with van der Waals surface area (Å²) < 4.78 is 4.65. The number of rotatable bonds is 3. The summed E-state index contributed by atoms with van der Waals surface area (Å²) in [5.74, 6) is -0.264. The molecule has 0 saturated heterocycles. The fourth-order valence-electron chi connectivity index (χ4n) is 1.54. The highest BCUT2D eigenvalue weighted by atomic mass is 32.1. The number of carbonyl (C=O) groups is 1. The zero-order chi connectivity index (χ0) is 10.2. The number of esters is 1. The van der Waals surface area contributed by atoms with E-state index in [0.29, 0.717) is 12.1 Å². The predicted molar refractivity (Wildman–Crippen MR) is 55.6 cm³/mol. The van der Waals surface area contributed by atoms with Gasteiger partial charge in [0.1, 0.15) is 0 Å². The molecule has 0 bridgehead atoms. The maximum Gasteiger partial charge on any atom is 0.338 e. The Bertz CT molecular complexity index is 355. The molecule has 1 aliphatic rings. The third kappa shape index (κ3) is 1.44. The summed E-state index contributed by atoms with van der Waals surface area (Å²) >= 11 is 1.61. The Morgan fingerprint density at radius 2 is 2.43 bits per heavy atom. The Labute approximate surface area is 86.9 Å². The van der Waals surface area contributed by atoms with Crippen LogP contribution < -0.4 is 5.73 Å². The highest BCUT2D eigenvalue weighted by Gasteiger charge is 2.44. The van der Waals surface area contributed by atoms with Crippen LogP contribution in [0.4, 0.5) is 0 Å². The van der Waals surface area contributed by atoms with Crippen molar-refractivity contribution in [1.82, 2.24) is 0 Å². The number of thiophene rings is 1. The van der Waals surface area contributed by atoms with Crippen molar-refractivity contribution >= 4 is 17.3 Å². The number of hydrogen-bond acceptors (Lipinski definition) is 4. The van der Waals surface area contributed by atoms with Crippen molar-refractivity contribution in [1.29, 1.82) is 0 Å². The van der Waals surface area contributed by atoms with E-state index in [4.69, 9.17) is 5.73 Å². The van der Waals surface area contributed by atoms with Crippen molar-refractivity contribution in [2.75, 3.05) is 13.7 Å². The summed E-state index contributed by atoms with van der Waals surface area (Å²) in [5.41, 5.74) is 6.53. The fraction of sp³-hybridized carbons (Fsp3) is 0.500. The second-order valence-electron chi connectivity index (χ2n) is 3.68. The molecule has 0 radical (unpaired) electrons. The van der Waals surface area contributed by atoms with Gasteiger partial charge in [-0.1, -0.05) is 0 Å². The first-order chi connectivity index (χ1) is 6.72. The van der Waals surface area contributed by atoms with Gasteiger partial charge in [0, 0.05) is 22.2 Å². The van der Waals surface area contributed by atoms with Gasteiger partial charge in [0.15, 0.2) is 0 Å². The minimum atomic E-state index is -0.264. The molecule has 0 aliphatic heterocycles. The summed E-state index contributed by atoms with van der Waals surface area (Å²) in [6.07, 6.45) is 2.29. The Kier molecular flexibility index (Phi) is 2.33. The molecule has 1 aromatic heterocycles. The zero-order valence-electron chi connectivity index (χ0n) is 8.08. The van der Waals surface area contributed by atoms with Gasteiger partial charge in [-0.05, 0) is 18.9 Å². The van der Waals surface area contributed by atoms with Gasteiger partial charge in [-0.15, -0.1) is 11.3 Å². The molecule has 2 N–H and O–H groups in total. The molecule has 0 aromatic carbocycles. The van der Waals surface area contributed by atoms with E-state index in [1.54, 1.807) is 11.3 Å². The van der Waals surface area contributed by atoms with Crippen LogP contribution in [0.2, 0.25) is 0 Å². The number of carbonyl (C=O) groups excluding carboxylic acids is 1. The molecule has 14 heavy (non-hydrogen) atoms. The quantitative estimate of drug-likeness (QED) is 0.771. The van der Waals surface area contributed by atoms with E-state index in [9.17, 15) is 4.79 Å². The van der Waals surface area contributed by atoms with E-state index < -0.39 is 0 Å². The Hall–Kier alpha value is -0.870. The molecular weight excluding hydrogens is 198 g/mol. The summed E-state index contributed by atoms with van der Waals surface area (Å²) in [6, 6.07) is 1.91. The molecule has 0 unspecified atom stereocenters. The number of methoxy groups -OCH3 is 1. The molecule has 2 rings (SSSR count). The Morgan fingerprint density at radius 3 is 2.93 bits per heavy atom. The molecule has 1 heterocycles. The molecule has 0 amide bonds. The average molecular weight is 211 g/mol. The largest absolute Gasteiger partial charge is 0.465 e. The molecule has 76 valence electrons. The van der Waals surface area contributed by atoms with Crippen LogP contribution in [0.25, 0.3) is 0 Å². The smallest absolute Gasteiger partial charge is 0.338 e. The first-order valence-electron chi connectivity index (χ1n) is 4.59. The van der Waals surface area contributed by atoms with Crippen LogP contribution in [0.1, 0.15) is 28.1 Å². The van der Waals surface area contributed by atoms with Crippen LogP contribution in [-0.2, 0) is 10.2 Å². The van der Waals surface area contributed by atoms with Gasteiger partial charge in [0.25, 0.3) is 0 Å². The lowest BCUT2D eigenvalue weighted by molar-refractivity contribution is 0.0601. The lowest BCUT2D eigenvalue weighted by Gasteiger charge is -2.07. The normalized spacial score (nSPS) is 17.9. The van der Waals surface area contributed by atoms with Crippen molar-refractivity contribution in [3.05, 3.63) is 21.9 Å². The zero-order valence-corrected chi connectivity index (χ0v) is 8.89. The van der Waals surface area contributed by atoms with Gasteiger partial charge in [-0.3, -0.25) is 0 Å². The third-order valence-corrected chi connectivity index (χ3v) is 3.96. The predicted octanol–water partition coefficient (Wildman–Crippen LogP) is 1.53. The summed E-state index contributed by atoms with van der Waals surface area (Å²) in [5, 5.41) is 1.84. The fourth-order valence-corrected chi connectivity index (χ4v) is 2.69. The van der Waals surface area contributed by atoms with Crippen LogP contribution in [0.15, 0.2) is 11.4 Å². The van der Waals surface area contributed by atoms with E-state index in [-0.39, 0.29) is 11.4 Å². The van der Waals surface area contributed by atoms with Crippen molar-refractivity contribution in [2.45, 2.75) is 18.3 Å². The van der Waals surface area contributed by atoms with Crippen LogP contribution >= 0.6 is 11.3 Å². The SMILES string of the molecule is COC(=O)c1csc(C2(CN)CC2)c1. The van der Waals surface area contributed by atoms with Crippen LogP contribution in [-0.4, -0.2) is 19.6 Å².